The Labute approximate surface area is 123 Å². The van der Waals surface area contributed by atoms with E-state index >= 15 is 0 Å². The molecular formula is C13H17ClO5S. The Hall–Kier alpha value is -1.27. The van der Waals surface area contributed by atoms with E-state index in [9.17, 15) is 13.2 Å². The van der Waals surface area contributed by atoms with Crippen LogP contribution in [0.15, 0.2) is 23.1 Å². The van der Waals surface area contributed by atoms with Crippen molar-refractivity contribution < 1.29 is 22.7 Å². The topological polar surface area (TPSA) is 69.7 Å². The second kappa shape index (κ2) is 6.01. The van der Waals surface area contributed by atoms with Crippen LogP contribution in [-0.4, -0.2) is 26.6 Å². The molecule has 0 radical (unpaired) electrons. The van der Waals surface area contributed by atoms with Gasteiger partial charge in [0, 0.05) is 10.7 Å². The summed E-state index contributed by atoms with van der Waals surface area (Å²) in [7, 11) is 1.48. The van der Waals surface area contributed by atoms with Crippen molar-refractivity contribution in [2.24, 2.45) is 0 Å². The molecule has 1 rings (SSSR count). The molecule has 1 aromatic rings. The van der Waals surface area contributed by atoms with Crippen LogP contribution in [-0.2, 0) is 18.6 Å². The summed E-state index contributed by atoms with van der Waals surface area (Å²) in [6.07, 6.45) is 0. The molecule has 0 aliphatic carbocycles. The van der Waals surface area contributed by atoms with Crippen LogP contribution in [0.2, 0.25) is 0 Å². The van der Waals surface area contributed by atoms with Gasteiger partial charge in [-0.2, -0.15) is 0 Å². The fourth-order valence-electron chi connectivity index (χ4n) is 1.51. The zero-order chi connectivity index (χ0) is 15.6. The molecule has 112 valence electrons. The number of halogens is 1. The number of benzene rings is 1. The number of aryl methyl sites for hydroxylation is 1. The quantitative estimate of drug-likeness (QED) is 0.616. The summed E-state index contributed by atoms with van der Waals surface area (Å²) in [4.78, 5) is 11.7. The van der Waals surface area contributed by atoms with Crippen molar-refractivity contribution >= 4 is 25.7 Å². The van der Waals surface area contributed by atoms with E-state index in [0.29, 0.717) is 11.3 Å². The van der Waals surface area contributed by atoms with Crippen molar-refractivity contribution in [3.05, 3.63) is 23.8 Å². The molecule has 0 aromatic heterocycles. The number of ether oxygens (including phenoxy) is 2. The predicted octanol–water partition coefficient (Wildman–Crippen LogP) is 2.64. The lowest BCUT2D eigenvalue weighted by Crippen LogP contribution is -2.39. The molecule has 0 aliphatic rings. The number of carbonyl (C=O) groups is 1. The van der Waals surface area contributed by atoms with Crippen LogP contribution in [0.4, 0.5) is 0 Å². The first kappa shape index (κ1) is 16.8. The summed E-state index contributed by atoms with van der Waals surface area (Å²) in [6, 6.07) is 4.18. The molecule has 0 spiro atoms. The van der Waals surface area contributed by atoms with E-state index in [2.05, 4.69) is 0 Å². The molecule has 0 saturated carbocycles. The molecule has 5 nitrogen and oxygen atoms in total. The van der Waals surface area contributed by atoms with E-state index in [-0.39, 0.29) is 11.5 Å². The fourth-order valence-corrected chi connectivity index (χ4v) is 2.35. The Morgan fingerprint density at radius 1 is 1.35 bits per heavy atom. The Morgan fingerprint density at radius 3 is 2.40 bits per heavy atom. The van der Waals surface area contributed by atoms with Gasteiger partial charge in [0.05, 0.1) is 11.5 Å². The molecule has 0 heterocycles. The lowest BCUT2D eigenvalue weighted by molar-refractivity contribution is -0.158. The van der Waals surface area contributed by atoms with E-state index in [1.807, 2.05) is 0 Å². The molecule has 0 atom stereocenters. The molecule has 7 heteroatoms. The number of carbonyl (C=O) groups excluding carboxylic acids is 1. The Bertz CT molecular complexity index is 607. The lowest BCUT2D eigenvalue weighted by Gasteiger charge is -2.25. The molecule has 0 saturated heterocycles. The van der Waals surface area contributed by atoms with Gasteiger partial charge in [-0.15, -0.1) is 0 Å². The highest BCUT2D eigenvalue weighted by molar-refractivity contribution is 8.13. The van der Waals surface area contributed by atoms with Crippen LogP contribution in [0.3, 0.4) is 0 Å². The highest BCUT2D eigenvalue weighted by Gasteiger charge is 2.32. The van der Waals surface area contributed by atoms with Crippen molar-refractivity contribution in [2.75, 3.05) is 6.61 Å². The number of hydrogen-bond donors (Lipinski definition) is 0. The van der Waals surface area contributed by atoms with Crippen molar-refractivity contribution in [3.8, 4) is 5.75 Å². The van der Waals surface area contributed by atoms with Gasteiger partial charge in [-0.3, -0.25) is 0 Å². The van der Waals surface area contributed by atoms with Gasteiger partial charge in [0.1, 0.15) is 5.75 Å². The molecule has 1 aromatic carbocycles. The first-order valence-corrected chi connectivity index (χ1v) is 8.30. The molecule has 0 aliphatic heterocycles. The molecular weight excluding hydrogens is 304 g/mol. The van der Waals surface area contributed by atoms with E-state index in [1.165, 1.54) is 18.2 Å². The van der Waals surface area contributed by atoms with Crippen molar-refractivity contribution in [3.63, 3.8) is 0 Å². The van der Waals surface area contributed by atoms with Gasteiger partial charge in [0.15, 0.2) is 5.60 Å². The molecule has 0 bridgehead atoms. The second-order valence-corrected chi connectivity index (χ2v) is 7.26. The molecule has 0 fully saturated rings. The average molecular weight is 321 g/mol. The molecule has 20 heavy (non-hydrogen) atoms. The second-order valence-electron chi connectivity index (χ2n) is 4.70. The van der Waals surface area contributed by atoms with Gasteiger partial charge < -0.3 is 9.47 Å². The third-order valence-electron chi connectivity index (χ3n) is 2.56. The number of hydrogen-bond acceptors (Lipinski definition) is 5. The van der Waals surface area contributed by atoms with Gasteiger partial charge in [-0.05, 0) is 51.5 Å². The summed E-state index contributed by atoms with van der Waals surface area (Å²) in [5, 5.41) is 0. The lowest BCUT2D eigenvalue weighted by atomic mass is 10.1. The largest absolute Gasteiger partial charge is 0.476 e. The van der Waals surface area contributed by atoms with Crippen LogP contribution in [0.5, 0.6) is 5.75 Å². The smallest absolute Gasteiger partial charge is 0.349 e. The van der Waals surface area contributed by atoms with Gasteiger partial charge in [-0.25, -0.2) is 13.2 Å². The Kier molecular flexibility index (Phi) is 5.05. The van der Waals surface area contributed by atoms with Crippen LogP contribution in [0.25, 0.3) is 0 Å². The normalized spacial score (nSPS) is 12.1. The van der Waals surface area contributed by atoms with Crippen molar-refractivity contribution in [2.45, 2.75) is 38.2 Å². The number of esters is 1. The summed E-state index contributed by atoms with van der Waals surface area (Å²) in [5.41, 5.74) is -0.605. The number of rotatable bonds is 5. The van der Waals surface area contributed by atoms with Crippen molar-refractivity contribution in [1.29, 1.82) is 0 Å². The minimum absolute atomic E-state index is 0.0158. The van der Waals surface area contributed by atoms with Crippen LogP contribution >= 0.6 is 10.7 Å². The summed E-state index contributed by atoms with van der Waals surface area (Å²) in [5.74, 6) is -0.0967. The minimum Gasteiger partial charge on any atom is -0.476 e. The summed E-state index contributed by atoms with van der Waals surface area (Å²) in [6.45, 7) is 6.79. The van der Waals surface area contributed by atoms with Crippen LogP contribution in [0.1, 0.15) is 26.3 Å². The van der Waals surface area contributed by atoms with Gasteiger partial charge in [0.25, 0.3) is 9.05 Å². The van der Waals surface area contributed by atoms with E-state index < -0.39 is 20.6 Å². The van der Waals surface area contributed by atoms with Gasteiger partial charge in [-0.1, -0.05) is 0 Å². The zero-order valence-electron chi connectivity index (χ0n) is 11.8. The van der Waals surface area contributed by atoms with E-state index in [4.69, 9.17) is 20.2 Å². The van der Waals surface area contributed by atoms with Gasteiger partial charge in [0.2, 0.25) is 0 Å². The maximum absolute atomic E-state index is 11.7. The first-order valence-electron chi connectivity index (χ1n) is 5.99. The Balaban J connectivity index is 3.03. The molecule has 0 amide bonds. The third-order valence-corrected chi connectivity index (χ3v) is 3.91. The highest BCUT2D eigenvalue weighted by Crippen LogP contribution is 2.27. The zero-order valence-corrected chi connectivity index (χ0v) is 13.3. The Morgan fingerprint density at radius 2 is 1.95 bits per heavy atom. The monoisotopic (exact) mass is 320 g/mol. The van der Waals surface area contributed by atoms with Crippen LogP contribution in [0, 0.1) is 6.92 Å². The summed E-state index contributed by atoms with van der Waals surface area (Å²) >= 11 is 0. The van der Waals surface area contributed by atoms with Crippen LogP contribution < -0.4 is 4.74 Å². The standard InChI is InChI=1S/C13H17ClO5S/c1-5-18-12(15)13(3,4)19-11-7-6-10(8-9(11)2)20(14,16)17/h6-8H,5H2,1-4H3. The maximum atomic E-state index is 11.7. The van der Waals surface area contributed by atoms with Crippen molar-refractivity contribution in [1.82, 2.24) is 0 Å². The molecule has 0 unspecified atom stereocenters. The third kappa shape index (κ3) is 4.11. The fraction of sp³-hybridized carbons (Fsp3) is 0.462. The van der Waals surface area contributed by atoms with Gasteiger partial charge >= 0.3 is 5.97 Å². The predicted molar refractivity (Wildman–Crippen MR) is 75.6 cm³/mol. The minimum atomic E-state index is -3.79. The van der Waals surface area contributed by atoms with E-state index in [0.717, 1.165) is 0 Å². The SMILES string of the molecule is CCOC(=O)C(C)(C)Oc1ccc(S(=O)(=O)Cl)cc1C. The highest BCUT2D eigenvalue weighted by atomic mass is 35.7. The maximum Gasteiger partial charge on any atom is 0.349 e. The average Bonchev–Trinajstić information content (AvgIpc) is 2.30. The summed E-state index contributed by atoms with van der Waals surface area (Å²) < 4.78 is 33.0. The molecule has 0 N–H and O–H groups in total. The van der Waals surface area contributed by atoms with E-state index in [1.54, 1.807) is 27.7 Å². The first-order chi connectivity index (χ1) is 9.08.